The second-order valence-electron chi connectivity index (χ2n) is 8.25. The minimum atomic E-state index is -5.08. The zero-order chi connectivity index (χ0) is 28.0. The van der Waals surface area contributed by atoms with Crippen LogP contribution in [-0.2, 0) is 17.9 Å². The monoisotopic (exact) mass is 539 g/mol. The number of hydrogen-bond donors (Lipinski definition) is 2. The summed E-state index contributed by atoms with van der Waals surface area (Å²) in [5.74, 6) is -2.66. The summed E-state index contributed by atoms with van der Waals surface area (Å²) in [5, 5.41) is 10.0. The molecule has 1 aromatic carbocycles. The Morgan fingerprint density at radius 3 is 2.33 bits per heavy atom. The average Bonchev–Trinajstić information content (AvgIpc) is 3.53. The quantitative estimate of drug-likeness (QED) is 0.298. The van der Waals surface area contributed by atoms with Crippen molar-refractivity contribution in [1.82, 2.24) is 24.3 Å². The van der Waals surface area contributed by atoms with E-state index in [2.05, 4.69) is 15.3 Å². The van der Waals surface area contributed by atoms with Crippen LogP contribution < -0.4 is 5.32 Å². The van der Waals surface area contributed by atoms with Gasteiger partial charge in [0.05, 0.1) is 17.8 Å². The Morgan fingerprint density at radius 2 is 1.67 bits per heavy atom. The lowest BCUT2D eigenvalue weighted by atomic mass is 10.2. The van der Waals surface area contributed by atoms with Crippen LogP contribution in [0.4, 0.5) is 17.6 Å². The van der Waals surface area contributed by atoms with Crippen LogP contribution in [0.3, 0.4) is 0 Å². The number of alkyl halides is 3. The Labute approximate surface area is 219 Å². The molecule has 200 valence electrons. The molecule has 4 heterocycles. The largest absolute Gasteiger partial charge is 0.490 e. The SMILES string of the molecule is O=C(NCc1ccc(F)cc1)c1nc(-c2ccn(Cc3ccccn3)c2)n2ccccc12.O=C(O)C(F)(F)F. The Hall–Kier alpha value is -5.00. The standard InChI is InChI=1S/C25H20FN5O.C2HF3O2/c26-20-9-7-18(8-10-20)15-28-25(32)23-22-6-2-4-13-31(22)24(29-23)19-11-14-30(16-19)17-21-5-1-3-12-27-21;3-2(4,5)1(6)7/h1-14,16H,15,17H2,(H,28,32);(H,6,7). The van der Waals surface area contributed by atoms with Gasteiger partial charge in [0, 0.05) is 36.9 Å². The molecule has 1 amide bonds. The average molecular weight is 539 g/mol. The normalized spacial score (nSPS) is 11.1. The first kappa shape index (κ1) is 27.0. The van der Waals surface area contributed by atoms with Crippen LogP contribution in [0.5, 0.6) is 0 Å². The van der Waals surface area contributed by atoms with Gasteiger partial charge in [-0.25, -0.2) is 14.2 Å². The van der Waals surface area contributed by atoms with Crippen molar-refractivity contribution in [2.75, 3.05) is 0 Å². The van der Waals surface area contributed by atoms with E-state index in [1.807, 2.05) is 70.0 Å². The van der Waals surface area contributed by atoms with Crippen LogP contribution in [0.15, 0.2) is 91.5 Å². The number of hydrogen-bond acceptors (Lipinski definition) is 4. The van der Waals surface area contributed by atoms with E-state index in [0.717, 1.165) is 22.3 Å². The van der Waals surface area contributed by atoms with E-state index in [4.69, 9.17) is 9.90 Å². The second-order valence-corrected chi connectivity index (χ2v) is 8.25. The van der Waals surface area contributed by atoms with Crippen molar-refractivity contribution in [3.8, 4) is 11.4 Å². The highest BCUT2D eigenvalue weighted by Crippen LogP contribution is 2.24. The maximum absolute atomic E-state index is 13.1. The number of fused-ring (bicyclic) bond motifs is 1. The van der Waals surface area contributed by atoms with Gasteiger partial charge in [0.25, 0.3) is 5.91 Å². The predicted octanol–water partition coefficient (Wildman–Crippen LogP) is 4.95. The molecule has 0 radical (unpaired) electrons. The number of aromatic nitrogens is 4. The van der Waals surface area contributed by atoms with E-state index in [0.29, 0.717) is 24.6 Å². The summed E-state index contributed by atoms with van der Waals surface area (Å²) in [5.41, 5.74) is 3.75. The van der Waals surface area contributed by atoms with Crippen molar-refractivity contribution in [2.24, 2.45) is 0 Å². The third-order valence-electron chi connectivity index (χ3n) is 5.45. The zero-order valence-corrected chi connectivity index (χ0v) is 20.1. The highest BCUT2D eigenvalue weighted by molar-refractivity contribution is 6.00. The fraction of sp³-hybridized carbons (Fsp3) is 0.111. The molecule has 0 saturated carbocycles. The van der Waals surface area contributed by atoms with Crippen molar-refractivity contribution in [3.63, 3.8) is 0 Å². The molecule has 5 aromatic rings. The van der Waals surface area contributed by atoms with Gasteiger partial charge in [0.2, 0.25) is 0 Å². The summed E-state index contributed by atoms with van der Waals surface area (Å²) in [6.45, 7) is 0.940. The first-order valence-electron chi connectivity index (χ1n) is 11.5. The number of pyridine rings is 2. The van der Waals surface area contributed by atoms with Gasteiger partial charge < -0.3 is 15.0 Å². The van der Waals surface area contributed by atoms with Gasteiger partial charge in [-0.2, -0.15) is 13.2 Å². The predicted molar refractivity (Wildman–Crippen MR) is 133 cm³/mol. The smallest absolute Gasteiger partial charge is 0.475 e. The topological polar surface area (TPSA) is 102 Å². The molecule has 39 heavy (non-hydrogen) atoms. The first-order chi connectivity index (χ1) is 18.6. The molecule has 0 unspecified atom stereocenters. The number of amides is 1. The van der Waals surface area contributed by atoms with Crippen molar-refractivity contribution >= 4 is 17.4 Å². The molecule has 5 rings (SSSR count). The van der Waals surface area contributed by atoms with Crippen LogP contribution >= 0.6 is 0 Å². The lowest BCUT2D eigenvalue weighted by Crippen LogP contribution is -2.23. The third-order valence-corrected chi connectivity index (χ3v) is 5.45. The number of halogens is 4. The van der Waals surface area contributed by atoms with E-state index in [1.54, 1.807) is 18.3 Å². The maximum Gasteiger partial charge on any atom is 0.490 e. The molecule has 0 atom stereocenters. The molecule has 0 saturated heterocycles. The fourth-order valence-corrected chi connectivity index (χ4v) is 3.63. The van der Waals surface area contributed by atoms with Gasteiger partial charge in [-0.15, -0.1) is 0 Å². The van der Waals surface area contributed by atoms with E-state index < -0.39 is 12.1 Å². The van der Waals surface area contributed by atoms with Crippen LogP contribution in [0.1, 0.15) is 21.7 Å². The molecule has 0 aliphatic carbocycles. The van der Waals surface area contributed by atoms with Gasteiger partial charge in [-0.3, -0.25) is 14.2 Å². The number of nitrogens with zero attached hydrogens (tertiary/aromatic N) is 4. The molecule has 4 aromatic heterocycles. The molecule has 8 nitrogen and oxygen atoms in total. The van der Waals surface area contributed by atoms with Gasteiger partial charge >= 0.3 is 12.1 Å². The van der Waals surface area contributed by atoms with E-state index >= 15 is 0 Å². The summed E-state index contributed by atoms with van der Waals surface area (Å²) >= 11 is 0. The zero-order valence-electron chi connectivity index (χ0n) is 20.1. The number of benzene rings is 1. The number of carboxylic acid groups (broad SMARTS) is 1. The highest BCUT2D eigenvalue weighted by Gasteiger charge is 2.38. The Bertz CT molecular complexity index is 1580. The van der Waals surface area contributed by atoms with E-state index in [-0.39, 0.29) is 11.7 Å². The van der Waals surface area contributed by atoms with E-state index in [9.17, 15) is 22.4 Å². The second kappa shape index (κ2) is 11.6. The van der Waals surface area contributed by atoms with Gasteiger partial charge in [0.1, 0.15) is 11.6 Å². The van der Waals surface area contributed by atoms with Crippen molar-refractivity contribution in [1.29, 1.82) is 0 Å². The van der Waals surface area contributed by atoms with Crippen LogP contribution in [0.25, 0.3) is 16.9 Å². The minimum absolute atomic E-state index is 0.280. The lowest BCUT2D eigenvalue weighted by molar-refractivity contribution is -0.192. The van der Waals surface area contributed by atoms with Gasteiger partial charge in [-0.05, 0) is 48.0 Å². The number of carboxylic acids is 1. The van der Waals surface area contributed by atoms with Crippen molar-refractivity contribution in [2.45, 2.75) is 19.3 Å². The number of carbonyl (C=O) groups is 2. The summed E-state index contributed by atoms with van der Waals surface area (Å²) in [6, 6.07) is 19.5. The summed E-state index contributed by atoms with van der Waals surface area (Å²) < 4.78 is 48.8. The minimum Gasteiger partial charge on any atom is -0.475 e. The third kappa shape index (κ3) is 6.86. The number of aliphatic carboxylic acids is 1. The Morgan fingerprint density at radius 1 is 0.949 bits per heavy atom. The van der Waals surface area contributed by atoms with Gasteiger partial charge in [-0.1, -0.05) is 24.3 Å². The van der Waals surface area contributed by atoms with E-state index in [1.165, 1.54) is 12.1 Å². The Balaban J connectivity index is 0.000000448. The van der Waals surface area contributed by atoms with Gasteiger partial charge in [0.15, 0.2) is 5.69 Å². The molecule has 0 aliphatic heterocycles. The fourth-order valence-electron chi connectivity index (χ4n) is 3.63. The molecule has 0 spiro atoms. The highest BCUT2D eigenvalue weighted by atomic mass is 19.4. The molecular formula is C27H21F4N5O3. The maximum atomic E-state index is 13.1. The van der Waals surface area contributed by atoms with Crippen LogP contribution in [-0.4, -0.2) is 42.1 Å². The molecule has 12 heteroatoms. The van der Waals surface area contributed by atoms with Crippen molar-refractivity contribution in [3.05, 3.63) is 114 Å². The van der Waals surface area contributed by atoms with Crippen LogP contribution in [0, 0.1) is 5.82 Å². The number of imidazole rings is 1. The lowest BCUT2D eigenvalue weighted by Gasteiger charge is -2.04. The number of carbonyl (C=O) groups excluding carboxylic acids is 1. The summed E-state index contributed by atoms with van der Waals surface area (Å²) in [7, 11) is 0. The van der Waals surface area contributed by atoms with Crippen LogP contribution in [0.2, 0.25) is 0 Å². The Kier molecular flexibility index (Phi) is 8.04. The number of rotatable bonds is 6. The molecule has 0 aliphatic rings. The summed E-state index contributed by atoms with van der Waals surface area (Å²) in [6.07, 6.45) is 2.56. The first-order valence-corrected chi connectivity index (χ1v) is 11.5. The molecular weight excluding hydrogens is 518 g/mol. The van der Waals surface area contributed by atoms with Crippen molar-refractivity contribution < 1.29 is 32.3 Å². The molecule has 2 N–H and O–H groups in total. The number of nitrogens with one attached hydrogen (secondary N) is 1. The summed E-state index contributed by atoms with van der Waals surface area (Å²) in [4.78, 5) is 30.8. The molecule has 0 bridgehead atoms. The molecule has 0 fully saturated rings.